The molecule has 0 aliphatic heterocycles. The fourth-order valence-corrected chi connectivity index (χ4v) is 2.26. The van der Waals surface area contributed by atoms with Crippen LogP contribution in [0.5, 0.6) is 0 Å². The van der Waals surface area contributed by atoms with E-state index in [-0.39, 0.29) is 0 Å². The number of rotatable bonds is 3. The fourth-order valence-electron chi connectivity index (χ4n) is 2.26. The minimum absolute atomic E-state index is 0.655. The number of aryl methyl sites for hydroxylation is 3. The number of aromatic nitrogens is 4. The summed E-state index contributed by atoms with van der Waals surface area (Å²) in [6.07, 6.45) is 1.79. The van der Waals surface area contributed by atoms with Crippen LogP contribution in [0.15, 0.2) is 24.4 Å². The molecule has 0 bridgehead atoms. The van der Waals surface area contributed by atoms with Crippen LogP contribution in [0.3, 0.4) is 0 Å². The quantitative estimate of drug-likeness (QED) is 0.805. The van der Waals surface area contributed by atoms with Gasteiger partial charge in [-0.05, 0) is 37.1 Å². The Hall–Kier alpha value is -2.63. The maximum atomic E-state index is 4.61. The van der Waals surface area contributed by atoms with E-state index in [4.69, 9.17) is 0 Å². The number of nitrogens with one attached hydrogen (secondary N) is 1. The standard InChI is InChI=1S/C16H20N6/c1-10-6-7-12(8-11(10)2)18-14-13-9-17-22(5)15(13)20-16(19-14)21(3)4/h6-9H,1-5H3,(H,18,19,20). The predicted octanol–water partition coefficient (Wildman–Crippen LogP) is 2.79. The molecule has 3 aromatic rings. The van der Waals surface area contributed by atoms with Crippen molar-refractivity contribution in [2.45, 2.75) is 13.8 Å². The highest BCUT2D eigenvalue weighted by molar-refractivity contribution is 5.89. The Morgan fingerprint density at radius 2 is 1.86 bits per heavy atom. The maximum Gasteiger partial charge on any atom is 0.228 e. The lowest BCUT2D eigenvalue weighted by Gasteiger charge is -2.14. The van der Waals surface area contributed by atoms with E-state index in [9.17, 15) is 0 Å². The Balaban J connectivity index is 2.10. The summed E-state index contributed by atoms with van der Waals surface area (Å²) in [6.45, 7) is 4.21. The largest absolute Gasteiger partial charge is 0.347 e. The van der Waals surface area contributed by atoms with Crippen LogP contribution < -0.4 is 10.2 Å². The van der Waals surface area contributed by atoms with E-state index in [2.05, 4.69) is 52.4 Å². The number of nitrogens with zero attached hydrogens (tertiary/aromatic N) is 5. The van der Waals surface area contributed by atoms with Gasteiger partial charge in [0.2, 0.25) is 5.95 Å². The van der Waals surface area contributed by atoms with Crippen LogP contribution in [0, 0.1) is 13.8 Å². The van der Waals surface area contributed by atoms with Crippen molar-refractivity contribution in [2.24, 2.45) is 7.05 Å². The van der Waals surface area contributed by atoms with Crippen molar-refractivity contribution >= 4 is 28.5 Å². The van der Waals surface area contributed by atoms with Gasteiger partial charge in [0.25, 0.3) is 0 Å². The van der Waals surface area contributed by atoms with Crippen LogP contribution in [-0.2, 0) is 7.05 Å². The monoisotopic (exact) mass is 296 g/mol. The molecular formula is C16H20N6. The van der Waals surface area contributed by atoms with Gasteiger partial charge in [0, 0.05) is 26.8 Å². The highest BCUT2D eigenvalue weighted by Gasteiger charge is 2.13. The molecule has 0 fully saturated rings. The van der Waals surface area contributed by atoms with Crippen LogP contribution in [0.1, 0.15) is 11.1 Å². The molecule has 0 atom stereocenters. The second-order valence-corrected chi connectivity index (χ2v) is 5.70. The highest BCUT2D eigenvalue weighted by atomic mass is 15.3. The van der Waals surface area contributed by atoms with Gasteiger partial charge in [0.05, 0.1) is 11.6 Å². The van der Waals surface area contributed by atoms with Gasteiger partial charge in [-0.1, -0.05) is 6.07 Å². The molecular weight excluding hydrogens is 276 g/mol. The Morgan fingerprint density at radius 3 is 2.55 bits per heavy atom. The normalized spacial score (nSPS) is 11.0. The zero-order chi connectivity index (χ0) is 15.9. The van der Waals surface area contributed by atoms with Gasteiger partial charge in [-0.15, -0.1) is 0 Å². The van der Waals surface area contributed by atoms with E-state index < -0.39 is 0 Å². The lowest BCUT2D eigenvalue weighted by atomic mass is 10.1. The number of hydrogen-bond acceptors (Lipinski definition) is 5. The lowest BCUT2D eigenvalue weighted by Crippen LogP contribution is -2.14. The molecule has 0 spiro atoms. The fraction of sp³-hybridized carbons (Fsp3) is 0.312. The Labute approximate surface area is 129 Å². The first kappa shape index (κ1) is 14.3. The van der Waals surface area contributed by atoms with Crippen LogP contribution >= 0.6 is 0 Å². The first-order chi connectivity index (χ1) is 10.5. The molecule has 114 valence electrons. The predicted molar refractivity (Wildman–Crippen MR) is 89.8 cm³/mol. The van der Waals surface area contributed by atoms with Crippen molar-refractivity contribution in [1.82, 2.24) is 19.7 Å². The third-order valence-corrected chi connectivity index (χ3v) is 3.75. The molecule has 0 saturated carbocycles. The minimum atomic E-state index is 0.655. The van der Waals surface area contributed by atoms with E-state index in [0.717, 1.165) is 22.5 Å². The molecule has 0 unspecified atom stereocenters. The third-order valence-electron chi connectivity index (χ3n) is 3.75. The van der Waals surface area contributed by atoms with Gasteiger partial charge >= 0.3 is 0 Å². The molecule has 6 heteroatoms. The van der Waals surface area contributed by atoms with Gasteiger partial charge in [-0.25, -0.2) is 0 Å². The summed E-state index contributed by atoms with van der Waals surface area (Å²) in [6, 6.07) is 6.28. The topological polar surface area (TPSA) is 58.9 Å². The van der Waals surface area contributed by atoms with E-state index in [1.165, 1.54) is 11.1 Å². The lowest BCUT2D eigenvalue weighted by molar-refractivity contribution is 0.784. The molecule has 22 heavy (non-hydrogen) atoms. The zero-order valence-electron chi connectivity index (χ0n) is 13.5. The molecule has 0 aliphatic rings. The van der Waals surface area contributed by atoms with Crippen molar-refractivity contribution in [2.75, 3.05) is 24.3 Å². The molecule has 3 rings (SSSR count). The molecule has 0 saturated heterocycles. The molecule has 1 N–H and O–H groups in total. The summed E-state index contributed by atoms with van der Waals surface area (Å²) in [7, 11) is 5.74. The molecule has 2 heterocycles. The Kier molecular flexibility index (Phi) is 3.44. The molecule has 0 aliphatic carbocycles. The molecule has 2 aromatic heterocycles. The van der Waals surface area contributed by atoms with E-state index in [0.29, 0.717) is 5.95 Å². The third kappa shape index (κ3) is 2.47. The van der Waals surface area contributed by atoms with Crippen LogP contribution in [0.4, 0.5) is 17.5 Å². The Morgan fingerprint density at radius 1 is 1.09 bits per heavy atom. The molecule has 1 aromatic carbocycles. The summed E-state index contributed by atoms with van der Waals surface area (Å²) < 4.78 is 1.76. The van der Waals surface area contributed by atoms with Crippen molar-refractivity contribution in [3.05, 3.63) is 35.5 Å². The molecule has 6 nitrogen and oxygen atoms in total. The van der Waals surface area contributed by atoms with Crippen molar-refractivity contribution in [3.63, 3.8) is 0 Å². The first-order valence-corrected chi connectivity index (χ1v) is 7.17. The van der Waals surface area contributed by atoms with Gasteiger partial charge in [0.15, 0.2) is 5.65 Å². The number of benzene rings is 1. The van der Waals surface area contributed by atoms with Crippen molar-refractivity contribution < 1.29 is 0 Å². The highest BCUT2D eigenvalue weighted by Crippen LogP contribution is 2.26. The van der Waals surface area contributed by atoms with Gasteiger partial charge in [-0.2, -0.15) is 15.1 Å². The van der Waals surface area contributed by atoms with E-state index in [1.807, 2.05) is 26.0 Å². The average Bonchev–Trinajstić information content (AvgIpc) is 2.85. The van der Waals surface area contributed by atoms with E-state index >= 15 is 0 Å². The zero-order valence-corrected chi connectivity index (χ0v) is 13.5. The molecule has 0 amide bonds. The summed E-state index contributed by atoms with van der Waals surface area (Å²) in [5.41, 5.74) is 4.34. The number of hydrogen-bond donors (Lipinski definition) is 1. The van der Waals surface area contributed by atoms with Crippen LogP contribution in [0.25, 0.3) is 11.0 Å². The maximum absolute atomic E-state index is 4.61. The second-order valence-electron chi connectivity index (χ2n) is 5.70. The van der Waals surface area contributed by atoms with Crippen molar-refractivity contribution in [1.29, 1.82) is 0 Å². The van der Waals surface area contributed by atoms with Gasteiger partial charge < -0.3 is 10.2 Å². The van der Waals surface area contributed by atoms with Crippen LogP contribution in [0.2, 0.25) is 0 Å². The summed E-state index contributed by atoms with van der Waals surface area (Å²) >= 11 is 0. The summed E-state index contributed by atoms with van der Waals surface area (Å²) in [5, 5.41) is 8.59. The minimum Gasteiger partial charge on any atom is -0.347 e. The average molecular weight is 296 g/mol. The summed E-state index contributed by atoms with van der Waals surface area (Å²) in [4.78, 5) is 11.0. The number of anilines is 3. The van der Waals surface area contributed by atoms with E-state index in [1.54, 1.807) is 10.9 Å². The number of fused-ring (bicyclic) bond motifs is 1. The Bertz CT molecular complexity index is 834. The second kappa shape index (κ2) is 5.29. The van der Waals surface area contributed by atoms with Gasteiger partial charge in [-0.3, -0.25) is 4.68 Å². The van der Waals surface area contributed by atoms with Crippen molar-refractivity contribution in [3.8, 4) is 0 Å². The molecule has 0 radical (unpaired) electrons. The summed E-state index contributed by atoms with van der Waals surface area (Å²) in [5.74, 6) is 1.42. The SMILES string of the molecule is Cc1ccc(Nc2nc(N(C)C)nc3c2cnn3C)cc1C. The smallest absolute Gasteiger partial charge is 0.228 e. The first-order valence-electron chi connectivity index (χ1n) is 7.17. The van der Waals surface area contributed by atoms with Crippen LogP contribution in [-0.4, -0.2) is 33.8 Å². The van der Waals surface area contributed by atoms with Gasteiger partial charge in [0.1, 0.15) is 5.82 Å².